The van der Waals surface area contributed by atoms with Crippen molar-refractivity contribution in [2.24, 2.45) is 0 Å². The first kappa shape index (κ1) is 11.3. The first-order valence-corrected chi connectivity index (χ1v) is 4.49. The Labute approximate surface area is 89.3 Å². The largest absolute Gasteiger partial charge is 0.493 e. The second-order valence-corrected chi connectivity index (χ2v) is 2.91. The van der Waals surface area contributed by atoms with Gasteiger partial charge < -0.3 is 9.47 Å². The van der Waals surface area contributed by atoms with Gasteiger partial charge in [0, 0.05) is 6.92 Å². The number of methoxy groups -OCH3 is 1. The van der Waals surface area contributed by atoms with Crippen molar-refractivity contribution < 1.29 is 14.3 Å². The smallest absolute Gasteiger partial charge is 0.308 e. The number of rotatable bonds is 3. The highest BCUT2D eigenvalue weighted by Gasteiger charge is 2.06. The Kier molecular flexibility index (Phi) is 3.92. The Morgan fingerprint density at radius 3 is 2.67 bits per heavy atom. The van der Waals surface area contributed by atoms with Crippen molar-refractivity contribution in [1.82, 2.24) is 0 Å². The average molecular weight is 205 g/mol. The van der Waals surface area contributed by atoms with Gasteiger partial charge in [0.1, 0.15) is 0 Å². The van der Waals surface area contributed by atoms with Crippen molar-refractivity contribution in [3.63, 3.8) is 0 Å². The Hall–Kier alpha value is -1.77. The van der Waals surface area contributed by atoms with Crippen LogP contribution in [0.5, 0.6) is 11.5 Å². The summed E-state index contributed by atoms with van der Waals surface area (Å²) in [5.41, 5.74) is 0.942. The van der Waals surface area contributed by atoms with Crippen LogP contribution in [0.15, 0.2) is 24.3 Å². The molecule has 0 saturated carbocycles. The molecule has 1 radical (unpaired) electrons. The van der Waals surface area contributed by atoms with Crippen LogP contribution in [0, 0.1) is 6.92 Å². The third-order valence-corrected chi connectivity index (χ3v) is 1.75. The lowest BCUT2D eigenvalue weighted by molar-refractivity contribution is -0.132. The molecule has 0 saturated heterocycles. The molecule has 1 rings (SSSR count). The monoisotopic (exact) mass is 205 g/mol. The molecule has 0 unspecified atom stereocenters. The molecule has 79 valence electrons. The van der Waals surface area contributed by atoms with E-state index in [0.29, 0.717) is 11.5 Å². The predicted molar refractivity (Wildman–Crippen MR) is 58.7 cm³/mol. The summed E-state index contributed by atoms with van der Waals surface area (Å²) in [4.78, 5) is 10.8. The zero-order valence-electron chi connectivity index (χ0n) is 8.82. The normalized spacial score (nSPS) is 10.3. The molecule has 1 aromatic rings. The summed E-state index contributed by atoms with van der Waals surface area (Å²) in [5, 5.41) is 0. The number of benzene rings is 1. The lowest BCUT2D eigenvalue weighted by Crippen LogP contribution is -2.02. The molecule has 3 heteroatoms. The van der Waals surface area contributed by atoms with E-state index in [1.54, 1.807) is 18.2 Å². The molecule has 0 heterocycles. The molecule has 0 bridgehead atoms. The van der Waals surface area contributed by atoms with E-state index in [9.17, 15) is 4.79 Å². The highest BCUT2D eigenvalue weighted by molar-refractivity contribution is 5.71. The van der Waals surface area contributed by atoms with Crippen molar-refractivity contribution in [3.8, 4) is 11.5 Å². The summed E-state index contributed by atoms with van der Waals surface area (Å²) >= 11 is 0. The number of esters is 1. The molecule has 3 nitrogen and oxygen atoms in total. The SMILES string of the molecule is [CH2]C=Cc1ccc(OC(C)=O)c(OC)c1. The molecule has 0 aliphatic heterocycles. The summed E-state index contributed by atoms with van der Waals surface area (Å²) in [6.45, 7) is 4.95. The Balaban J connectivity index is 3.03. The summed E-state index contributed by atoms with van der Waals surface area (Å²) in [6.07, 6.45) is 3.51. The lowest BCUT2D eigenvalue weighted by Gasteiger charge is -2.08. The molecule has 0 fully saturated rings. The topological polar surface area (TPSA) is 35.5 Å². The molecule has 1 aromatic carbocycles. The summed E-state index contributed by atoms with van der Waals surface area (Å²) in [5.74, 6) is 0.584. The lowest BCUT2D eigenvalue weighted by atomic mass is 10.2. The zero-order chi connectivity index (χ0) is 11.3. The van der Waals surface area contributed by atoms with E-state index in [-0.39, 0.29) is 5.97 Å². The van der Waals surface area contributed by atoms with Crippen molar-refractivity contribution in [1.29, 1.82) is 0 Å². The molecule has 0 N–H and O–H groups in total. The summed E-state index contributed by atoms with van der Waals surface area (Å²) in [6, 6.07) is 5.29. The van der Waals surface area contributed by atoms with Gasteiger partial charge in [0.05, 0.1) is 7.11 Å². The van der Waals surface area contributed by atoms with Crippen LogP contribution in [0.4, 0.5) is 0 Å². The second kappa shape index (κ2) is 5.20. The average Bonchev–Trinajstić information content (AvgIpc) is 2.20. The van der Waals surface area contributed by atoms with Crippen molar-refractivity contribution in [3.05, 3.63) is 36.8 Å². The van der Waals surface area contributed by atoms with Gasteiger partial charge in [-0.3, -0.25) is 4.79 Å². The van der Waals surface area contributed by atoms with E-state index in [1.807, 2.05) is 12.1 Å². The number of ether oxygens (including phenoxy) is 2. The number of hydrogen-bond donors (Lipinski definition) is 0. The summed E-state index contributed by atoms with van der Waals surface area (Å²) < 4.78 is 10.1. The van der Waals surface area contributed by atoms with Crippen LogP contribution >= 0.6 is 0 Å². The Bertz CT molecular complexity index is 380. The first-order chi connectivity index (χ1) is 7.17. The molecule has 0 aliphatic carbocycles. The molecule has 0 spiro atoms. The fraction of sp³-hybridized carbons (Fsp3) is 0.167. The van der Waals surface area contributed by atoms with E-state index >= 15 is 0 Å². The van der Waals surface area contributed by atoms with E-state index in [2.05, 4.69) is 6.92 Å². The minimum Gasteiger partial charge on any atom is -0.493 e. The quantitative estimate of drug-likeness (QED) is 0.561. The Morgan fingerprint density at radius 2 is 2.13 bits per heavy atom. The maximum absolute atomic E-state index is 10.8. The van der Waals surface area contributed by atoms with Gasteiger partial charge in [0.25, 0.3) is 0 Å². The highest BCUT2D eigenvalue weighted by atomic mass is 16.6. The fourth-order valence-corrected chi connectivity index (χ4v) is 1.16. The number of carbonyl (C=O) groups is 1. The van der Waals surface area contributed by atoms with Crippen LogP contribution in [-0.2, 0) is 4.79 Å². The molecular formula is C12H13O3. The Morgan fingerprint density at radius 1 is 1.40 bits per heavy atom. The van der Waals surface area contributed by atoms with Gasteiger partial charge >= 0.3 is 5.97 Å². The predicted octanol–water partition coefficient (Wildman–Crippen LogP) is 2.47. The van der Waals surface area contributed by atoms with Gasteiger partial charge in [-0.1, -0.05) is 18.2 Å². The van der Waals surface area contributed by atoms with Gasteiger partial charge in [0.2, 0.25) is 0 Å². The maximum atomic E-state index is 10.8. The number of carbonyl (C=O) groups excluding carboxylic acids is 1. The van der Waals surface area contributed by atoms with Crippen LogP contribution in [0.25, 0.3) is 6.08 Å². The van der Waals surface area contributed by atoms with Crippen LogP contribution < -0.4 is 9.47 Å². The van der Waals surface area contributed by atoms with Crippen LogP contribution in [0.2, 0.25) is 0 Å². The van der Waals surface area contributed by atoms with Crippen LogP contribution in [0.3, 0.4) is 0 Å². The van der Waals surface area contributed by atoms with E-state index < -0.39 is 0 Å². The minimum atomic E-state index is -0.367. The maximum Gasteiger partial charge on any atom is 0.308 e. The number of allylic oxidation sites excluding steroid dienone is 1. The van der Waals surface area contributed by atoms with Crippen LogP contribution in [0.1, 0.15) is 12.5 Å². The summed E-state index contributed by atoms with van der Waals surface area (Å²) in [7, 11) is 1.53. The molecule has 0 amide bonds. The van der Waals surface area contributed by atoms with Gasteiger partial charge in [-0.25, -0.2) is 0 Å². The molecule has 0 aromatic heterocycles. The van der Waals surface area contributed by atoms with Gasteiger partial charge in [-0.15, -0.1) is 0 Å². The van der Waals surface area contributed by atoms with Gasteiger partial charge in [0.15, 0.2) is 11.5 Å². The third-order valence-electron chi connectivity index (χ3n) is 1.75. The highest BCUT2D eigenvalue weighted by Crippen LogP contribution is 2.28. The van der Waals surface area contributed by atoms with E-state index in [4.69, 9.17) is 9.47 Å². The van der Waals surface area contributed by atoms with Crippen molar-refractivity contribution in [2.75, 3.05) is 7.11 Å². The zero-order valence-corrected chi connectivity index (χ0v) is 8.82. The van der Waals surface area contributed by atoms with Crippen molar-refractivity contribution >= 4 is 12.0 Å². The molecular weight excluding hydrogens is 192 g/mol. The van der Waals surface area contributed by atoms with E-state index in [1.165, 1.54) is 14.0 Å². The standard InChI is InChI=1S/C12H13O3/c1-4-5-10-6-7-11(15-9(2)13)12(8-10)14-3/h4-8H,1H2,2-3H3. The fourth-order valence-electron chi connectivity index (χ4n) is 1.16. The third kappa shape index (κ3) is 3.13. The van der Waals surface area contributed by atoms with E-state index in [0.717, 1.165) is 5.56 Å². The molecule has 0 atom stereocenters. The van der Waals surface area contributed by atoms with Crippen molar-refractivity contribution in [2.45, 2.75) is 6.92 Å². The number of hydrogen-bond acceptors (Lipinski definition) is 3. The van der Waals surface area contributed by atoms with Gasteiger partial charge in [-0.2, -0.15) is 0 Å². The minimum absolute atomic E-state index is 0.367. The molecule has 15 heavy (non-hydrogen) atoms. The second-order valence-electron chi connectivity index (χ2n) is 2.91. The first-order valence-electron chi connectivity index (χ1n) is 4.49. The van der Waals surface area contributed by atoms with Crippen LogP contribution in [-0.4, -0.2) is 13.1 Å². The van der Waals surface area contributed by atoms with Gasteiger partial charge in [-0.05, 0) is 24.6 Å². The molecule has 0 aliphatic rings.